The first kappa shape index (κ1) is 30.5. The standard InChI is InChI=1S/C32H22Cl3N3O7/c33-21-11-5-18(6-12-21)30(39)42-17-26-27(44-31(40)19-7-13-22(34)14-8-19)28(45-32(41)20-9-15-23(35)16-10-20)29(43-26)38-36-24-3-1-2-4-25(24)37-38/h1-16,26-29H,17H2/t26-,27-,28-,29-/m1/s1. The summed E-state index contributed by atoms with van der Waals surface area (Å²) >= 11 is 17.9. The van der Waals surface area contributed by atoms with Crippen molar-refractivity contribution in [3.05, 3.63) is 129 Å². The lowest BCUT2D eigenvalue weighted by molar-refractivity contribution is -0.0727. The summed E-state index contributed by atoms with van der Waals surface area (Å²) in [5, 5.41) is 10.3. The lowest BCUT2D eigenvalue weighted by Crippen LogP contribution is -2.41. The zero-order valence-electron chi connectivity index (χ0n) is 23.1. The Morgan fingerprint density at radius 1 is 0.622 bits per heavy atom. The van der Waals surface area contributed by atoms with E-state index in [1.165, 1.54) is 53.3 Å². The van der Waals surface area contributed by atoms with Crippen LogP contribution in [0.4, 0.5) is 0 Å². The largest absolute Gasteiger partial charge is 0.459 e. The van der Waals surface area contributed by atoms with Crippen LogP contribution in [0.3, 0.4) is 0 Å². The number of nitrogens with zero attached hydrogens (tertiary/aromatic N) is 3. The molecule has 4 aromatic carbocycles. The molecule has 10 nitrogen and oxygen atoms in total. The van der Waals surface area contributed by atoms with E-state index in [2.05, 4.69) is 10.2 Å². The fourth-order valence-electron chi connectivity index (χ4n) is 4.67. The van der Waals surface area contributed by atoms with Gasteiger partial charge in [0.2, 0.25) is 6.23 Å². The van der Waals surface area contributed by atoms with Crippen LogP contribution < -0.4 is 0 Å². The molecule has 1 fully saturated rings. The molecule has 228 valence electrons. The third-order valence-corrected chi connectivity index (χ3v) is 7.68. The van der Waals surface area contributed by atoms with Gasteiger partial charge in [-0.05, 0) is 84.9 Å². The molecule has 1 aliphatic heterocycles. The lowest BCUT2D eigenvalue weighted by Gasteiger charge is -2.24. The molecule has 0 radical (unpaired) electrons. The third kappa shape index (κ3) is 6.94. The van der Waals surface area contributed by atoms with Crippen molar-refractivity contribution in [3.8, 4) is 0 Å². The van der Waals surface area contributed by atoms with Crippen molar-refractivity contribution in [3.63, 3.8) is 0 Å². The Bertz CT molecular complexity index is 1810. The number of hydrogen-bond acceptors (Lipinski definition) is 9. The molecule has 0 bridgehead atoms. The zero-order valence-corrected chi connectivity index (χ0v) is 25.4. The smallest absolute Gasteiger partial charge is 0.338 e. The summed E-state index contributed by atoms with van der Waals surface area (Å²) in [4.78, 5) is 40.8. The Kier molecular flexibility index (Phi) is 8.99. The fraction of sp³-hybridized carbons (Fsp3) is 0.156. The summed E-state index contributed by atoms with van der Waals surface area (Å²) in [7, 11) is 0. The minimum absolute atomic E-state index is 0.186. The monoisotopic (exact) mass is 665 g/mol. The van der Waals surface area contributed by atoms with Crippen LogP contribution in [0.1, 0.15) is 37.3 Å². The number of esters is 3. The first-order chi connectivity index (χ1) is 21.7. The molecular formula is C32H22Cl3N3O7. The van der Waals surface area contributed by atoms with Crippen molar-refractivity contribution < 1.29 is 33.3 Å². The predicted molar refractivity (Wildman–Crippen MR) is 164 cm³/mol. The van der Waals surface area contributed by atoms with Gasteiger partial charge >= 0.3 is 17.9 Å². The number of halogens is 3. The van der Waals surface area contributed by atoms with E-state index in [1.807, 2.05) is 0 Å². The Labute approximate surface area is 271 Å². The van der Waals surface area contributed by atoms with Crippen LogP contribution in [-0.2, 0) is 18.9 Å². The lowest BCUT2D eigenvalue weighted by atomic mass is 10.1. The normalized spacial score (nSPS) is 19.3. The number of hydrogen-bond donors (Lipinski definition) is 0. The first-order valence-corrected chi connectivity index (χ1v) is 14.7. The van der Waals surface area contributed by atoms with Gasteiger partial charge in [-0.3, -0.25) is 0 Å². The number of rotatable bonds is 8. The SMILES string of the molecule is O=C(OC[C@H]1O[C@@H](n2nc3ccccc3n2)[C@H](OC(=O)c2ccc(Cl)cc2)[C@@H]1OC(=O)c1ccc(Cl)cc1)c1ccc(Cl)cc1. The van der Waals surface area contributed by atoms with Crippen molar-refractivity contribution in [2.75, 3.05) is 6.61 Å². The molecule has 0 amide bonds. The van der Waals surface area contributed by atoms with Crippen LogP contribution in [0.5, 0.6) is 0 Å². The first-order valence-electron chi connectivity index (χ1n) is 13.6. The van der Waals surface area contributed by atoms with Crippen molar-refractivity contribution in [1.82, 2.24) is 15.0 Å². The maximum absolute atomic E-state index is 13.4. The zero-order chi connectivity index (χ0) is 31.5. The molecule has 0 saturated carbocycles. The molecule has 0 spiro atoms. The van der Waals surface area contributed by atoms with Gasteiger partial charge in [-0.25, -0.2) is 14.4 Å². The van der Waals surface area contributed by atoms with Gasteiger partial charge in [0.15, 0.2) is 12.2 Å². The van der Waals surface area contributed by atoms with Crippen LogP contribution in [0, 0.1) is 0 Å². The average Bonchev–Trinajstić information content (AvgIpc) is 3.62. The van der Waals surface area contributed by atoms with E-state index in [9.17, 15) is 14.4 Å². The van der Waals surface area contributed by atoms with Crippen LogP contribution in [-0.4, -0.2) is 57.8 Å². The Morgan fingerprint density at radius 2 is 1.04 bits per heavy atom. The van der Waals surface area contributed by atoms with Gasteiger partial charge in [0.25, 0.3) is 0 Å². The van der Waals surface area contributed by atoms with E-state index >= 15 is 0 Å². The summed E-state index contributed by atoms with van der Waals surface area (Å²) in [6, 6.07) is 25.4. The molecule has 13 heteroatoms. The number of carbonyl (C=O) groups is 3. The highest BCUT2D eigenvalue weighted by atomic mass is 35.5. The summed E-state index contributed by atoms with van der Waals surface area (Å²) in [5.74, 6) is -2.16. The second-order valence-corrected chi connectivity index (χ2v) is 11.2. The second kappa shape index (κ2) is 13.3. The minimum atomic E-state index is -1.27. The van der Waals surface area contributed by atoms with E-state index in [1.54, 1.807) is 48.5 Å². The molecule has 0 aliphatic carbocycles. The van der Waals surface area contributed by atoms with Crippen LogP contribution in [0.15, 0.2) is 97.1 Å². The molecule has 5 aromatic rings. The van der Waals surface area contributed by atoms with Gasteiger partial charge in [-0.2, -0.15) is 10.2 Å². The topological polar surface area (TPSA) is 119 Å². The van der Waals surface area contributed by atoms with E-state index in [0.717, 1.165) is 0 Å². The van der Waals surface area contributed by atoms with E-state index in [-0.39, 0.29) is 23.3 Å². The predicted octanol–water partition coefficient (Wildman–Crippen LogP) is 6.60. The van der Waals surface area contributed by atoms with Gasteiger partial charge in [0.1, 0.15) is 23.7 Å². The summed E-state index contributed by atoms with van der Waals surface area (Å²) in [5.41, 5.74) is 1.73. The molecule has 1 aliphatic rings. The Morgan fingerprint density at radius 3 is 1.51 bits per heavy atom. The molecule has 0 N–H and O–H groups in total. The third-order valence-electron chi connectivity index (χ3n) is 6.92. The molecule has 1 aromatic heterocycles. The minimum Gasteiger partial charge on any atom is -0.459 e. The van der Waals surface area contributed by atoms with Gasteiger partial charge in [-0.1, -0.05) is 46.9 Å². The number of aromatic nitrogens is 3. The van der Waals surface area contributed by atoms with Gasteiger partial charge in [-0.15, -0.1) is 4.80 Å². The van der Waals surface area contributed by atoms with Crippen LogP contribution >= 0.6 is 34.8 Å². The van der Waals surface area contributed by atoms with Gasteiger partial charge < -0.3 is 18.9 Å². The molecule has 0 unspecified atom stereocenters. The molecular weight excluding hydrogens is 645 g/mol. The summed E-state index contributed by atoms with van der Waals surface area (Å²) in [6.07, 6.45) is -4.80. The molecule has 4 atom stereocenters. The number of carbonyl (C=O) groups excluding carboxylic acids is 3. The van der Waals surface area contributed by atoms with Gasteiger partial charge in [0.05, 0.1) is 16.7 Å². The fourth-order valence-corrected chi connectivity index (χ4v) is 5.05. The van der Waals surface area contributed by atoms with Gasteiger partial charge in [0, 0.05) is 15.1 Å². The molecule has 1 saturated heterocycles. The highest BCUT2D eigenvalue weighted by Crippen LogP contribution is 2.35. The Balaban J connectivity index is 1.34. The summed E-state index contributed by atoms with van der Waals surface area (Å²) < 4.78 is 23.7. The van der Waals surface area contributed by atoms with Crippen LogP contribution in [0.25, 0.3) is 11.0 Å². The highest BCUT2D eigenvalue weighted by molar-refractivity contribution is 6.31. The highest BCUT2D eigenvalue weighted by Gasteiger charge is 2.52. The van der Waals surface area contributed by atoms with E-state index < -0.39 is 42.4 Å². The van der Waals surface area contributed by atoms with E-state index in [0.29, 0.717) is 26.1 Å². The van der Waals surface area contributed by atoms with E-state index in [4.69, 9.17) is 53.8 Å². The number of fused-ring (bicyclic) bond motifs is 1. The second-order valence-electron chi connectivity index (χ2n) is 9.93. The number of benzene rings is 4. The maximum atomic E-state index is 13.4. The van der Waals surface area contributed by atoms with Crippen molar-refractivity contribution in [2.24, 2.45) is 0 Å². The Hall–Kier alpha value is -4.48. The van der Waals surface area contributed by atoms with Crippen molar-refractivity contribution in [1.29, 1.82) is 0 Å². The molecule has 45 heavy (non-hydrogen) atoms. The quantitative estimate of drug-likeness (QED) is 0.133. The van der Waals surface area contributed by atoms with Crippen molar-refractivity contribution in [2.45, 2.75) is 24.5 Å². The summed E-state index contributed by atoms with van der Waals surface area (Å²) in [6.45, 7) is -0.369. The van der Waals surface area contributed by atoms with Crippen molar-refractivity contribution >= 4 is 63.7 Å². The molecule has 6 rings (SSSR count). The average molecular weight is 667 g/mol. The maximum Gasteiger partial charge on any atom is 0.338 e. The van der Waals surface area contributed by atoms with Crippen LogP contribution in [0.2, 0.25) is 15.1 Å². The molecule has 2 heterocycles. The number of ether oxygens (including phenoxy) is 4.